The highest BCUT2D eigenvalue weighted by Gasteiger charge is 2.29. The maximum atomic E-state index is 12.4. The van der Waals surface area contributed by atoms with E-state index in [0.717, 1.165) is 12.1 Å². The number of nitriles is 1. The van der Waals surface area contributed by atoms with Gasteiger partial charge in [0.25, 0.3) is 0 Å². The third-order valence-corrected chi connectivity index (χ3v) is 2.50. The Morgan fingerprint density at radius 2 is 1.65 bits per heavy atom. The van der Waals surface area contributed by atoms with Gasteiger partial charge >= 0.3 is 6.18 Å². The molecular formula is C15H7F3N2. The number of alkyl halides is 3. The number of hydrogen-bond acceptors (Lipinski definition) is 2. The van der Waals surface area contributed by atoms with Gasteiger partial charge in [0.15, 0.2) is 0 Å². The Labute approximate surface area is 113 Å². The van der Waals surface area contributed by atoms with Crippen molar-refractivity contribution in [2.24, 2.45) is 0 Å². The van der Waals surface area contributed by atoms with Crippen molar-refractivity contribution in [2.75, 3.05) is 0 Å². The summed E-state index contributed by atoms with van der Waals surface area (Å²) in [5.74, 6) is 5.43. The Balaban J connectivity index is 2.28. The summed E-state index contributed by atoms with van der Waals surface area (Å²) >= 11 is 0. The lowest BCUT2D eigenvalue weighted by Crippen LogP contribution is -2.04. The first-order valence-corrected chi connectivity index (χ1v) is 5.54. The van der Waals surface area contributed by atoms with Crippen molar-refractivity contribution in [2.45, 2.75) is 6.18 Å². The largest absolute Gasteiger partial charge is 0.416 e. The van der Waals surface area contributed by atoms with Crippen LogP contribution in [0.15, 0.2) is 42.7 Å². The lowest BCUT2D eigenvalue weighted by Gasteiger charge is -2.05. The molecule has 2 aromatic rings. The van der Waals surface area contributed by atoms with Gasteiger partial charge in [-0.15, -0.1) is 0 Å². The molecule has 0 radical (unpaired) electrons. The van der Waals surface area contributed by atoms with Crippen LogP contribution in [0.3, 0.4) is 0 Å². The zero-order valence-electron chi connectivity index (χ0n) is 10.1. The zero-order valence-corrected chi connectivity index (χ0v) is 10.1. The van der Waals surface area contributed by atoms with Crippen LogP contribution < -0.4 is 0 Å². The fourth-order valence-electron chi connectivity index (χ4n) is 1.47. The number of aromatic nitrogens is 1. The second kappa shape index (κ2) is 5.46. The minimum atomic E-state index is -4.36. The van der Waals surface area contributed by atoms with Crippen LogP contribution in [0.25, 0.3) is 0 Å². The van der Waals surface area contributed by atoms with Crippen LogP contribution in [-0.2, 0) is 6.18 Å². The molecule has 0 spiro atoms. The van der Waals surface area contributed by atoms with Gasteiger partial charge in [0.2, 0.25) is 0 Å². The van der Waals surface area contributed by atoms with E-state index >= 15 is 0 Å². The van der Waals surface area contributed by atoms with Crippen LogP contribution in [0.2, 0.25) is 0 Å². The Bertz CT molecular complexity index is 714. The van der Waals surface area contributed by atoms with E-state index in [1.165, 1.54) is 30.6 Å². The van der Waals surface area contributed by atoms with Crippen LogP contribution in [0.4, 0.5) is 13.2 Å². The highest BCUT2D eigenvalue weighted by Crippen LogP contribution is 2.28. The summed E-state index contributed by atoms with van der Waals surface area (Å²) in [6.45, 7) is 0. The van der Waals surface area contributed by atoms with Gasteiger partial charge in [-0.2, -0.15) is 18.4 Å². The van der Waals surface area contributed by atoms with E-state index in [9.17, 15) is 13.2 Å². The molecule has 0 aliphatic carbocycles. The SMILES string of the molecule is N#Cc1ccncc1C#Cc1ccc(C(F)(F)F)cc1. The smallest absolute Gasteiger partial charge is 0.263 e. The maximum Gasteiger partial charge on any atom is 0.416 e. The maximum absolute atomic E-state index is 12.4. The second-order valence-electron chi connectivity index (χ2n) is 3.86. The van der Waals surface area contributed by atoms with Crippen molar-refractivity contribution in [1.82, 2.24) is 4.98 Å². The summed E-state index contributed by atoms with van der Waals surface area (Å²) in [6.07, 6.45) is -1.44. The van der Waals surface area contributed by atoms with Gasteiger partial charge in [-0.05, 0) is 30.3 Å². The van der Waals surface area contributed by atoms with E-state index in [1.807, 2.05) is 6.07 Å². The minimum absolute atomic E-state index is 0.374. The molecule has 1 aromatic heterocycles. The standard InChI is InChI=1S/C15H7F3N2/c16-15(17,18)14-5-2-11(3-6-14)1-4-13-10-20-8-7-12(13)9-19/h2-3,5-8,10H. The fourth-order valence-corrected chi connectivity index (χ4v) is 1.47. The van der Waals surface area contributed by atoms with Gasteiger partial charge in [-0.25, -0.2) is 0 Å². The van der Waals surface area contributed by atoms with Gasteiger partial charge in [0.05, 0.1) is 16.7 Å². The Morgan fingerprint density at radius 1 is 0.950 bits per heavy atom. The molecule has 0 bridgehead atoms. The molecular weight excluding hydrogens is 265 g/mol. The molecule has 2 rings (SSSR count). The first kappa shape index (κ1) is 13.6. The molecule has 98 valence electrons. The van der Waals surface area contributed by atoms with Crippen molar-refractivity contribution >= 4 is 0 Å². The fraction of sp³-hybridized carbons (Fsp3) is 0.0667. The minimum Gasteiger partial charge on any atom is -0.263 e. The van der Waals surface area contributed by atoms with Crippen molar-refractivity contribution in [3.63, 3.8) is 0 Å². The van der Waals surface area contributed by atoms with Gasteiger partial charge in [-0.1, -0.05) is 11.8 Å². The normalized spacial score (nSPS) is 10.3. The van der Waals surface area contributed by atoms with Crippen molar-refractivity contribution in [3.05, 3.63) is 65.0 Å². The molecule has 0 aliphatic heterocycles. The average Bonchev–Trinajstić information content (AvgIpc) is 2.45. The van der Waals surface area contributed by atoms with Gasteiger partial charge in [0, 0.05) is 18.0 Å². The van der Waals surface area contributed by atoms with E-state index in [0.29, 0.717) is 16.7 Å². The molecule has 0 saturated carbocycles. The molecule has 0 amide bonds. The number of nitrogens with zero attached hydrogens (tertiary/aromatic N) is 2. The number of benzene rings is 1. The molecule has 0 unspecified atom stereocenters. The van der Waals surface area contributed by atoms with Crippen molar-refractivity contribution in [3.8, 4) is 17.9 Å². The lowest BCUT2D eigenvalue weighted by molar-refractivity contribution is -0.137. The van der Waals surface area contributed by atoms with E-state index < -0.39 is 11.7 Å². The van der Waals surface area contributed by atoms with Crippen molar-refractivity contribution in [1.29, 1.82) is 5.26 Å². The van der Waals surface area contributed by atoms with E-state index in [-0.39, 0.29) is 0 Å². The molecule has 0 saturated heterocycles. The first-order chi connectivity index (χ1) is 9.50. The number of rotatable bonds is 0. The molecule has 0 N–H and O–H groups in total. The third-order valence-electron chi connectivity index (χ3n) is 2.50. The van der Waals surface area contributed by atoms with Crippen LogP contribution in [0.1, 0.15) is 22.3 Å². The molecule has 5 heteroatoms. The number of pyridine rings is 1. The van der Waals surface area contributed by atoms with Crippen LogP contribution in [0, 0.1) is 23.2 Å². The van der Waals surface area contributed by atoms with Gasteiger partial charge < -0.3 is 0 Å². The zero-order chi connectivity index (χ0) is 14.6. The Hall–Kier alpha value is -2.79. The molecule has 2 nitrogen and oxygen atoms in total. The highest BCUT2D eigenvalue weighted by atomic mass is 19.4. The summed E-state index contributed by atoms with van der Waals surface area (Å²) in [4.78, 5) is 3.85. The van der Waals surface area contributed by atoms with Crippen LogP contribution >= 0.6 is 0 Å². The summed E-state index contributed by atoms with van der Waals surface area (Å²) in [5.41, 5.74) is 0.530. The van der Waals surface area contributed by atoms with Gasteiger partial charge in [-0.3, -0.25) is 4.98 Å². The third kappa shape index (κ3) is 3.15. The van der Waals surface area contributed by atoms with E-state index in [1.54, 1.807) is 0 Å². The first-order valence-electron chi connectivity index (χ1n) is 5.54. The topological polar surface area (TPSA) is 36.7 Å². The summed E-state index contributed by atoms with van der Waals surface area (Å²) in [7, 11) is 0. The van der Waals surface area contributed by atoms with Crippen LogP contribution in [-0.4, -0.2) is 4.98 Å². The molecule has 0 fully saturated rings. The summed E-state index contributed by atoms with van der Waals surface area (Å²) in [5, 5.41) is 8.87. The van der Waals surface area contributed by atoms with Crippen LogP contribution in [0.5, 0.6) is 0 Å². The quantitative estimate of drug-likeness (QED) is 0.689. The molecule has 1 heterocycles. The molecule has 0 atom stereocenters. The summed E-state index contributed by atoms with van der Waals surface area (Å²) in [6, 6.07) is 8.02. The lowest BCUT2D eigenvalue weighted by atomic mass is 10.1. The molecule has 20 heavy (non-hydrogen) atoms. The number of hydrogen-bond donors (Lipinski definition) is 0. The molecule has 0 aliphatic rings. The Kier molecular flexibility index (Phi) is 3.72. The van der Waals surface area contributed by atoms with E-state index in [4.69, 9.17) is 5.26 Å². The second-order valence-corrected chi connectivity index (χ2v) is 3.86. The monoisotopic (exact) mass is 272 g/mol. The molecule has 1 aromatic carbocycles. The van der Waals surface area contributed by atoms with E-state index in [2.05, 4.69) is 16.8 Å². The highest BCUT2D eigenvalue weighted by molar-refractivity contribution is 5.49. The Morgan fingerprint density at radius 3 is 2.25 bits per heavy atom. The number of halogens is 3. The summed E-state index contributed by atoms with van der Waals surface area (Å²) < 4.78 is 37.2. The predicted octanol–water partition coefficient (Wildman–Crippen LogP) is 3.37. The predicted molar refractivity (Wildman–Crippen MR) is 66.4 cm³/mol. The van der Waals surface area contributed by atoms with Gasteiger partial charge in [0.1, 0.15) is 6.07 Å². The van der Waals surface area contributed by atoms with Crippen molar-refractivity contribution < 1.29 is 13.2 Å². The average molecular weight is 272 g/mol.